The highest BCUT2D eigenvalue weighted by atomic mass is 79.9. The molecule has 1 aromatic carbocycles. The van der Waals surface area contributed by atoms with Crippen LogP contribution in [-0.4, -0.2) is 24.5 Å². The SMILES string of the molecule is C=CCN=c1scc(-c2ccco2)n1N=Cc1cc(Br)ccc1OC. The Labute approximate surface area is 157 Å². The lowest BCUT2D eigenvalue weighted by molar-refractivity contribution is 0.414. The number of benzene rings is 1. The van der Waals surface area contributed by atoms with Gasteiger partial charge >= 0.3 is 0 Å². The zero-order valence-corrected chi connectivity index (χ0v) is 16.0. The van der Waals surface area contributed by atoms with Crippen molar-refractivity contribution >= 4 is 33.5 Å². The summed E-state index contributed by atoms with van der Waals surface area (Å²) in [6.07, 6.45) is 5.13. The molecule has 0 unspecified atom stereocenters. The van der Waals surface area contributed by atoms with E-state index in [4.69, 9.17) is 9.15 Å². The first kappa shape index (κ1) is 17.4. The summed E-state index contributed by atoms with van der Waals surface area (Å²) in [6, 6.07) is 9.50. The molecule has 0 saturated carbocycles. The van der Waals surface area contributed by atoms with E-state index in [1.807, 2.05) is 35.7 Å². The van der Waals surface area contributed by atoms with Gasteiger partial charge in [-0.15, -0.1) is 17.9 Å². The van der Waals surface area contributed by atoms with E-state index in [0.717, 1.165) is 32.0 Å². The van der Waals surface area contributed by atoms with E-state index in [0.29, 0.717) is 6.54 Å². The van der Waals surface area contributed by atoms with Crippen molar-refractivity contribution in [2.24, 2.45) is 10.1 Å². The molecule has 25 heavy (non-hydrogen) atoms. The lowest BCUT2D eigenvalue weighted by Crippen LogP contribution is -2.12. The van der Waals surface area contributed by atoms with Crippen molar-refractivity contribution in [2.75, 3.05) is 13.7 Å². The van der Waals surface area contributed by atoms with Crippen molar-refractivity contribution in [2.45, 2.75) is 0 Å². The molecule has 0 N–H and O–H groups in total. The first-order valence-electron chi connectivity index (χ1n) is 7.46. The monoisotopic (exact) mass is 417 g/mol. The van der Waals surface area contributed by atoms with Crippen LogP contribution in [0.15, 0.2) is 73.6 Å². The molecule has 2 aromatic heterocycles. The third-order valence-corrected chi connectivity index (χ3v) is 4.67. The zero-order valence-electron chi connectivity index (χ0n) is 13.6. The van der Waals surface area contributed by atoms with Gasteiger partial charge in [0.15, 0.2) is 5.76 Å². The van der Waals surface area contributed by atoms with E-state index in [1.54, 1.807) is 30.3 Å². The number of halogens is 1. The summed E-state index contributed by atoms with van der Waals surface area (Å²) >= 11 is 4.97. The van der Waals surface area contributed by atoms with Crippen molar-refractivity contribution in [3.05, 3.63) is 69.5 Å². The van der Waals surface area contributed by atoms with E-state index in [9.17, 15) is 0 Å². The van der Waals surface area contributed by atoms with Crippen LogP contribution in [-0.2, 0) is 0 Å². The maximum absolute atomic E-state index is 5.51. The standard InChI is InChI=1S/C18H16BrN3O2S/c1-3-8-20-18-22(15(12-25-18)17-5-4-9-24-17)21-11-13-10-14(19)6-7-16(13)23-2/h3-7,9-12H,1,8H2,2H3. The molecule has 0 saturated heterocycles. The fourth-order valence-corrected chi connectivity index (χ4v) is 3.39. The van der Waals surface area contributed by atoms with Gasteiger partial charge < -0.3 is 9.15 Å². The molecule has 0 bridgehead atoms. The van der Waals surface area contributed by atoms with Gasteiger partial charge in [0.2, 0.25) is 4.80 Å². The molecule has 7 heteroatoms. The molecule has 3 aromatic rings. The van der Waals surface area contributed by atoms with Gasteiger partial charge in [-0.3, -0.25) is 4.99 Å². The molecular formula is C18H16BrN3O2S. The van der Waals surface area contributed by atoms with Crippen LogP contribution in [0.4, 0.5) is 0 Å². The summed E-state index contributed by atoms with van der Waals surface area (Å²) in [4.78, 5) is 5.26. The van der Waals surface area contributed by atoms with Gasteiger partial charge in [0, 0.05) is 15.4 Å². The second kappa shape index (κ2) is 8.13. The average Bonchev–Trinajstić information content (AvgIpc) is 3.27. The van der Waals surface area contributed by atoms with Gasteiger partial charge in [0.1, 0.15) is 11.4 Å². The van der Waals surface area contributed by atoms with Crippen molar-refractivity contribution < 1.29 is 9.15 Å². The smallest absolute Gasteiger partial charge is 0.206 e. The Kier molecular flexibility index (Phi) is 5.67. The van der Waals surface area contributed by atoms with Crippen LogP contribution < -0.4 is 9.54 Å². The third kappa shape index (κ3) is 4.00. The predicted molar refractivity (Wildman–Crippen MR) is 104 cm³/mol. The number of aromatic nitrogens is 1. The van der Waals surface area contributed by atoms with Gasteiger partial charge in [0.05, 0.1) is 26.1 Å². The maximum atomic E-state index is 5.51. The zero-order chi connectivity index (χ0) is 17.6. The number of hydrogen-bond acceptors (Lipinski definition) is 5. The summed E-state index contributed by atoms with van der Waals surface area (Å²) in [5.74, 6) is 1.47. The Bertz CT molecular complexity index is 955. The quantitative estimate of drug-likeness (QED) is 0.436. The number of hydrogen-bond donors (Lipinski definition) is 0. The fourth-order valence-electron chi connectivity index (χ4n) is 2.18. The number of thiazole rings is 1. The minimum Gasteiger partial charge on any atom is -0.496 e. The lowest BCUT2D eigenvalue weighted by Gasteiger charge is -2.05. The van der Waals surface area contributed by atoms with Crippen LogP contribution in [0.25, 0.3) is 11.5 Å². The Morgan fingerprint density at radius 1 is 1.40 bits per heavy atom. The van der Waals surface area contributed by atoms with Crippen molar-refractivity contribution in [1.82, 2.24) is 4.68 Å². The molecule has 2 heterocycles. The van der Waals surface area contributed by atoms with Crippen LogP contribution in [0.2, 0.25) is 0 Å². The van der Waals surface area contributed by atoms with Gasteiger partial charge in [-0.2, -0.15) is 5.10 Å². The van der Waals surface area contributed by atoms with Gasteiger partial charge in [0.25, 0.3) is 0 Å². The minimum absolute atomic E-state index is 0.522. The number of nitrogens with zero attached hydrogens (tertiary/aromatic N) is 3. The number of rotatable bonds is 6. The molecule has 0 aliphatic heterocycles. The van der Waals surface area contributed by atoms with Crippen LogP contribution in [0.1, 0.15) is 5.56 Å². The van der Waals surface area contributed by atoms with Gasteiger partial charge in [-0.05, 0) is 30.3 Å². The Hall–Kier alpha value is -2.38. The highest BCUT2D eigenvalue weighted by Gasteiger charge is 2.10. The normalized spacial score (nSPS) is 12.0. The number of furan rings is 1. The number of methoxy groups -OCH3 is 1. The highest BCUT2D eigenvalue weighted by Crippen LogP contribution is 2.23. The molecule has 0 amide bonds. The topological polar surface area (TPSA) is 52.0 Å². The van der Waals surface area contributed by atoms with E-state index in [-0.39, 0.29) is 0 Å². The third-order valence-electron chi connectivity index (χ3n) is 3.32. The molecule has 5 nitrogen and oxygen atoms in total. The molecule has 0 spiro atoms. The van der Waals surface area contributed by atoms with Crippen molar-refractivity contribution in [1.29, 1.82) is 0 Å². The van der Waals surface area contributed by atoms with Gasteiger partial charge in [-0.1, -0.05) is 22.0 Å². The Morgan fingerprint density at radius 3 is 3.00 bits per heavy atom. The van der Waals surface area contributed by atoms with Crippen molar-refractivity contribution in [3.63, 3.8) is 0 Å². The van der Waals surface area contributed by atoms with E-state index in [1.165, 1.54) is 11.3 Å². The highest BCUT2D eigenvalue weighted by molar-refractivity contribution is 9.10. The van der Waals surface area contributed by atoms with Crippen molar-refractivity contribution in [3.8, 4) is 17.2 Å². The van der Waals surface area contributed by atoms with Crippen LogP contribution in [0.5, 0.6) is 5.75 Å². The first-order chi connectivity index (χ1) is 12.2. The second-order valence-corrected chi connectivity index (χ2v) is 6.71. The van der Waals surface area contributed by atoms with E-state index < -0.39 is 0 Å². The predicted octanol–water partition coefficient (Wildman–Crippen LogP) is 4.55. The largest absolute Gasteiger partial charge is 0.496 e. The first-order valence-corrected chi connectivity index (χ1v) is 9.14. The van der Waals surface area contributed by atoms with Crippen LogP contribution in [0, 0.1) is 0 Å². The summed E-state index contributed by atoms with van der Waals surface area (Å²) in [5.41, 5.74) is 1.69. The molecule has 0 fully saturated rings. The summed E-state index contributed by atoms with van der Waals surface area (Å²) in [6.45, 7) is 4.23. The summed E-state index contributed by atoms with van der Waals surface area (Å²) < 4.78 is 13.6. The van der Waals surface area contributed by atoms with E-state index >= 15 is 0 Å². The molecule has 128 valence electrons. The molecule has 0 atom stereocenters. The number of ether oxygens (including phenoxy) is 1. The minimum atomic E-state index is 0.522. The van der Waals surface area contributed by atoms with Crippen LogP contribution in [0.3, 0.4) is 0 Å². The molecular weight excluding hydrogens is 402 g/mol. The van der Waals surface area contributed by atoms with E-state index in [2.05, 4.69) is 32.6 Å². The lowest BCUT2D eigenvalue weighted by atomic mass is 10.2. The Balaban J connectivity index is 2.08. The summed E-state index contributed by atoms with van der Waals surface area (Å²) in [5, 5.41) is 6.58. The second-order valence-electron chi connectivity index (χ2n) is 4.95. The maximum Gasteiger partial charge on any atom is 0.206 e. The van der Waals surface area contributed by atoms with Crippen LogP contribution >= 0.6 is 27.3 Å². The summed E-state index contributed by atoms with van der Waals surface area (Å²) in [7, 11) is 1.64. The molecule has 0 aliphatic rings. The molecule has 3 rings (SSSR count). The molecule has 0 radical (unpaired) electrons. The van der Waals surface area contributed by atoms with Gasteiger partial charge in [-0.25, -0.2) is 4.68 Å². The molecule has 0 aliphatic carbocycles. The fraction of sp³-hybridized carbons (Fsp3) is 0.111. The Morgan fingerprint density at radius 2 is 2.28 bits per heavy atom. The average molecular weight is 418 g/mol.